The maximum absolute atomic E-state index is 6.09. The van der Waals surface area contributed by atoms with Gasteiger partial charge < -0.3 is 5.32 Å². The van der Waals surface area contributed by atoms with Crippen LogP contribution in [-0.4, -0.2) is 6.54 Å². The Morgan fingerprint density at radius 3 is 2.67 bits per heavy atom. The van der Waals surface area contributed by atoms with Crippen molar-refractivity contribution in [3.05, 3.63) is 55.1 Å². The number of rotatable bonds is 4. The molecular weight excluding hydrogens is 330 g/mol. The minimum Gasteiger partial charge on any atom is -0.306 e. The first-order valence-electron chi connectivity index (χ1n) is 5.86. The molecule has 96 valence electrons. The first-order chi connectivity index (χ1) is 8.61. The summed E-state index contributed by atoms with van der Waals surface area (Å²) in [5.74, 6) is 0. The topological polar surface area (TPSA) is 12.0 Å². The predicted molar refractivity (Wildman–Crippen MR) is 83.7 cm³/mol. The van der Waals surface area contributed by atoms with E-state index in [1.54, 1.807) is 11.3 Å². The molecule has 1 aromatic heterocycles. The molecule has 0 fully saturated rings. The molecule has 0 saturated carbocycles. The average Bonchev–Trinajstić information content (AvgIpc) is 2.76. The highest BCUT2D eigenvalue weighted by molar-refractivity contribution is 9.11. The van der Waals surface area contributed by atoms with Gasteiger partial charge in [0, 0.05) is 9.90 Å². The molecule has 0 amide bonds. The molecule has 0 aliphatic carbocycles. The summed E-state index contributed by atoms with van der Waals surface area (Å²) in [7, 11) is 0. The van der Waals surface area contributed by atoms with E-state index >= 15 is 0 Å². The van der Waals surface area contributed by atoms with Gasteiger partial charge >= 0.3 is 0 Å². The van der Waals surface area contributed by atoms with Crippen LogP contribution >= 0.6 is 38.9 Å². The van der Waals surface area contributed by atoms with Gasteiger partial charge in [0.25, 0.3) is 0 Å². The van der Waals surface area contributed by atoms with Crippen molar-refractivity contribution in [3.63, 3.8) is 0 Å². The van der Waals surface area contributed by atoms with Gasteiger partial charge in [0.15, 0.2) is 0 Å². The quantitative estimate of drug-likeness (QED) is 0.806. The zero-order chi connectivity index (χ0) is 13.1. The van der Waals surface area contributed by atoms with Gasteiger partial charge in [0.2, 0.25) is 0 Å². The Bertz CT molecular complexity index is 538. The van der Waals surface area contributed by atoms with Crippen LogP contribution in [0.15, 0.2) is 34.1 Å². The van der Waals surface area contributed by atoms with Crippen LogP contribution in [0.1, 0.15) is 29.0 Å². The smallest absolute Gasteiger partial charge is 0.0702 e. The van der Waals surface area contributed by atoms with Crippen molar-refractivity contribution < 1.29 is 0 Å². The Morgan fingerprint density at radius 1 is 1.33 bits per heavy atom. The molecule has 1 unspecified atom stereocenters. The maximum Gasteiger partial charge on any atom is 0.0702 e. The fraction of sp³-hybridized carbons (Fsp3) is 0.286. The van der Waals surface area contributed by atoms with Crippen LogP contribution in [0.3, 0.4) is 0 Å². The van der Waals surface area contributed by atoms with E-state index in [0.29, 0.717) is 0 Å². The Morgan fingerprint density at radius 2 is 2.11 bits per heavy atom. The van der Waals surface area contributed by atoms with Crippen LogP contribution in [0.25, 0.3) is 0 Å². The van der Waals surface area contributed by atoms with E-state index in [2.05, 4.69) is 52.4 Å². The van der Waals surface area contributed by atoms with E-state index < -0.39 is 0 Å². The summed E-state index contributed by atoms with van der Waals surface area (Å²) >= 11 is 11.4. The van der Waals surface area contributed by atoms with Crippen LogP contribution in [0.2, 0.25) is 5.02 Å². The van der Waals surface area contributed by atoms with Gasteiger partial charge in [-0.05, 0) is 58.7 Å². The zero-order valence-corrected chi connectivity index (χ0v) is 13.5. The van der Waals surface area contributed by atoms with Crippen molar-refractivity contribution in [1.82, 2.24) is 5.32 Å². The Hall–Kier alpha value is -0.350. The molecule has 0 aliphatic rings. The summed E-state index contributed by atoms with van der Waals surface area (Å²) in [6.45, 7) is 5.10. The van der Waals surface area contributed by atoms with E-state index in [0.717, 1.165) is 20.9 Å². The van der Waals surface area contributed by atoms with Gasteiger partial charge in [0.05, 0.1) is 9.83 Å². The molecule has 0 saturated heterocycles. The minimum atomic E-state index is 0.238. The highest BCUT2D eigenvalue weighted by atomic mass is 79.9. The SMILES string of the molecule is CCNC(c1ccc(Cl)c(C)c1)c1ccc(Br)s1. The third kappa shape index (κ3) is 3.15. The minimum absolute atomic E-state index is 0.238. The van der Waals surface area contributed by atoms with Gasteiger partial charge in [0.1, 0.15) is 0 Å². The summed E-state index contributed by atoms with van der Waals surface area (Å²) in [4.78, 5) is 1.31. The fourth-order valence-corrected chi connectivity index (χ4v) is 3.56. The van der Waals surface area contributed by atoms with Crippen molar-refractivity contribution in [2.45, 2.75) is 19.9 Å². The molecule has 1 N–H and O–H groups in total. The summed E-state index contributed by atoms with van der Waals surface area (Å²) < 4.78 is 1.16. The van der Waals surface area contributed by atoms with E-state index in [-0.39, 0.29) is 6.04 Å². The van der Waals surface area contributed by atoms with E-state index in [1.165, 1.54) is 10.4 Å². The van der Waals surface area contributed by atoms with Crippen LogP contribution in [0.5, 0.6) is 0 Å². The average molecular weight is 345 g/mol. The molecule has 18 heavy (non-hydrogen) atoms. The third-order valence-corrected chi connectivity index (χ3v) is 4.91. The lowest BCUT2D eigenvalue weighted by Crippen LogP contribution is -2.21. The lowest BCUT2D eigenvalue weighted by atomic mass is 10.0. The highest BCUT2D eigenvalue weighted by Gasteiger charge is 2.15. The fourth-order valence-electron chi connectivity index (χ4n) is 1.92. The maximum atomic E-state index is 6.09. The largest absolute Gasteiger partial charge is 0.306 e. The number of benzene rings is 1. The van der Waals surface area contributed by atoms with Crippen molar-refractivity contribution in [3.8, 4) is 0 Å². The molecule has 2 aromatic rings. The first kappa shape index (κ1) is 14.1. The van der Waals surface area contributed by atoms with Crippen LogP contribution in [0, 0.1) is 6.92 Å². The second kappa shape index (κ2) is 6.20. The van der Waals surface area contributed by atoms with Crippen molar-refractivity contribution in [2.24, 2.45) is 0 Å². The number of hydrogen-bond donors (Lipinski definition) is 1. The van der Waals surface area contributed by atoms with Crippen LogP contribution < -0.4 is 5.32 Å². The third-order valence-electron chi connectivity index (χ3n) is 2.80. The summed E-state index contributed by atoms with van der Waals surface area (Å²) in [6, 6.07) is 10.7. The van der Waals surface area contributed by atoms with Gasteiger partial charge in [-0.2, -0.15) is 0 Å². The van der Waals surface area contributed by atoms with Crippen molar-refractivity contribution in [2.75, 3.05) is 6.54 Å². The summed E-state index contributed by atoms with van der Waals surface area (Å²) in [5.41, 5.74) is 2.38. The number of aryl methyl sites for hydroxylation is 1. The monoisotopic (exact) mass is 343 g/mol. The van der Waals surface area contributed by atoms with E-state index in [9.17, 15) is 0 Å². The molecular formula is C14H15BrClNS. The molecule has 0 radical (unpaired) electrons. The Kier molecular flexibility index (Phi) is 4.84. The second-order valence-corrected chi connectivity index (χ2v) is 7.04. The van der Waals surface area contributed by atoms with Crippen LogP contribution in [-0.2, 0) is 0 Å². The lowest BCUT2D eigenvalue weighted by Gasteiger charge is -2.17. The molecule has 0 bridgehead atoms. The lowest BCUT2D eigenvalue weighted by molar-refractivity contribution is 0.639. The van der Waals surface area contributed by atoms with Gasteiger partial charge in [-0.15, -0.1) is 11.3 Å². The highest BCUT2D eigenvalue weighted by Crippen LogP contribution is 2.32. The first-order valence-corrected chi connectivity index (χ1v) is 7.85. The van der Waals surface area contributed by atoms with E-state index in [4.69, 9.17) is 11.6 Å². The van der Waals surface area contributed by atoms with Gasteiger partial charge in [-0.1, -0.05) is 30.7 Å². The van der Waals surface area contributed by atoms with Gasteiger partial charge in [-0.3, -0.25) is 0 Å². The molecule has 2 rings (SSSR count). The Labute approximate surface area is 125 Å². The second-order valence-electron chi connectivity index (χ2n) is 4.14. The summed E-state index contributed by atoms with van der Waals surface area (Å²) in [5, 5.41) is 4.34. The molecule has 1 atom stereocenters. The Balaban J connectivity index is 2.37. The van der Waals surface area contributed by atoms with Crippen LogP contribution in [0.4, 0.5) is 0 Å². The predicted octanol–water partition coefficient (Wildman–Crippen LogP) is 5.17. The standard InChI is InChI=1S/C14H15BrClNS/c1-3-17-14(12-6-7-13(15)18-12)10-4-5-11(16)9(2)8-10/h4-8,14,17H,3H2,1-2H3. The molecule has 1 nitrogen and oxygen atoms in total. The zero-order valence-electron chi connectivity index (χ0n) is 10.3. The number of halogens is 2. The van der Waals surface area contributed by atoms with Crippen molar-refractivity contribution >= 4 is 38.9 Å². The van der Waals surface area contributed by atoms with E-state index in [1.807, 2.05) is 13.0 Å². The molecule has 0 aliphatic heterocycles. The van der Waals surface area contributed by atoms with Gasteiger partial charge in [-0.25, -0.2) is 0 Å². The molecule has 0 spiro atoms. The number of thiophene rings is 1. The molecule has 1 aromatic carbocycles. The molecule has 1 heterocycles. The normalized spacial score (nSPS) is 12.7. The number of nitrogens with one attached hydrogen (secondary N) is 1. The summed E-state index contributed by atoms with van der Waals surface area (Å²) in [6.07, 6.45) is 0. The van der Waals surface area contributed by atoms with Crippen molar-refractivity contribution in [1.29, 1.82) is 0 Å². The molecule has 4 heteroatoms. The number of hydrogen-bond acceptors (Lipinski definition) is 2.